The van der Waals surface area contributed by atoms with E-state index in [0.717, 1.165) is 12.8 Å². The van der Waals surface area contributed by atoms with Crippen molar-refractivity contribution in [1.82, 2.24) is 15.0 Å². The number of rotatable bonds is 3. The van der Waals surface area contributed by atoms with Gasteiger partial charge in [0.05, 0.1) is 0 Å². The Hall–Kier alpha value is -2.42. The normalized spacial score (nSPS) is 18.4. The third-order valence-corrected chi connectivity index (χ3v) is 4.20. The highest BCUT2D eigenvalue weighted by Gasteiger charge is 2.38. The molecule has 1 atom stereocenters. The molecule has 134 valence electrons. The molecule has 3 rings (SSSR count). The zero-order valence-electron chi connectivity index (χ0n) is 13.3. The average molecular weight is 354 g/mol. The van der Waals surface area contributed by atoms with Crippen LogP contribution in [0, 0.1) is 5.92 Å². The van der Waals surface area contributed by atoms with E-state index in [9.17, 15) is 18.0 Å². The quantitative estimate of drug-likeness (QED) is 0.916. The first kappa shape index (κ1) is 17.4. The van der Waals surface area contributed by atoms with Crippen molar-refractivity contribution in [3.63, 3.8) is 0 Å². The summed E-state index contributed by atoms with van der Waals surface area (Å²) in [7, 11) is 0. The number of likely N-dealkylation sites (tertiary alicyclic amines) is 1. The van der Waals surface area contributed by atoms with E-state index in [4.69, 9.17) is 5.73 Å². The Balaban J connectivity index is 1.73. The highest BCUT2D eigenvalue weighted by molar-refractivity contribution is 5.94. The molecule has 2 aromatic rings. The molecule has 1 aliphatic heterocycles. The summed E-state index contributed by atoms with van der Waals surface area (Å²) < 4.78 is 41.7. The van der Waals surface area contributed by atoms with E-state index in [1.807, 2.05) is 0 Å². The molecule has 2 heterocycles. The molecule has 0 radical (unpaired) electrons. The highest BCUT2D eigenvalue weighted by atomic mass is 19.4. The van der Waals surface area contributed by atoms with Gasteiger partial charge in [0.25, 0.3) is 5.91 Å². The predicted octanol–water partition coefficient (Wildman–Crippen LogP) is 2.57. The van der Waals surface area contributed by atoms with E-state index >= 15 is 0 Å². The van der Waals surface area contributed by atoms with E-state index < -0.39 is 12.1 Å². The van der Waals surface area contributed by atoms with Crippen LogP contribution >= 0.6 is 0 Å². The summed E-state index contributed by atoms with van der Waals surface area (Å²) in [5.74, 6) is -1.39. The second kappa shape index (κ2) is 6.83. The van der Waals surface area contributed by atoms with Crippen molar-refractivity contribution in [3.8, 4) is 11.4 Å². The monoisotopic (exact) mass is 354 g/mol. The minimum Gasteiger partial charge on any atom is -0.338 e. The number of nitrogens with two attached hydrogens (primary N) is 1. The van der Waals surface area contributed by atoms with Crippen molar-refractivity contribution < 1.29 is 22.5 Å². The number of carbonyl (C=O) groups excluding carboxylic acids is 1. The molecule has 2 N–H and O–H groups in total. The Labute approximate surface area is 141 Å². The molecule has 1 aromatic carbocycles. The molecule has 1 aromatic heterocycles. The van der Waals surface area contributed by atoms with Gasteiger partial charge in [-0.25, -0.2) is 0 Å². The molecule has 0 aliphatic carbocycles. The minimum atomic E-state index is -4.69. The molecule has 25 heavy (non-hydrogen) atoms. The lowest BCUT2D eigenvalue weighted by Gasteiger charge is -2.32. The summed E-state index contributed by atoms with van der Waals surface area (Å²) >= 11 is 0. The molecule has 1 unspecified atom stereocenters. The van der Waals surface area contributed by atoms with Crippen LogP contribution in [0.25, 0.3) is 11.4 Å². The SMILES string of the molecule is NCC1CCCN(C(=O)c2ccc(-c3noc(C(F)(F)F)n3)cc2)C1. The zero-order chi connectivity index (χ0) is 18.0. The number of piperidine rings is 1. The number of hydrogen-bond donors (Lipinski definition) is 1. The maximum Gasteiger partial charge on any atom is 0.471 e. The lowest BCUT2D eigenvalue weighted by atomic mass is 9.97. The van der Waals surface area contributed by atoms with E-state index in [1.54, 1.807) is 17.0 Å². The summed E-state index contributed by atoms with van der Waals surface area (Å²) in [6.07, 6.45) is -2.76. The van der Waals surface area contributed by atoms with E-state index in [-0.39, 0.29) is 11.7 Å². The van der Waals surface area contributed by atoms with Gasteiger partial charge in [0.2, 0.25) is 5.82 Å². The highest BCUT2D eigenvalue weighted by Crippen LogP contribution is 2.29. The average Bonchev–Trinajstić information content (AvgIpc) is 3.12. The number of amides is 1. The Bertz CT molecular complexity index is 743. The van der Waals surface area contributed by atoms with Gasteiger partial charge in [-0.2, -0.15) is 18.2 Å². The fraction of sp³-hybridized carbons (Fsp3) is 0.438. The van der Waals surface area contributed by atoms with Crippen LogP contribution in [0.3, 0.4) is 0 Å². The molecule has 1 aliphatic rings. The standard InChI is InChI=1S/C16H17F3N4O2/c17-16(18,19)15-21-13(22-25-15)11-3-5-12(6-4-11)14(24)23-7-1-2-10(8-20)9-23/h3-6,10H,1-2,7-9,20H2. The lowest BCUT2D eigenvalue weighted by Crippen LogP contribution is -2.42. The molecule has 0 saturated carbocycles. The van der Waals surface area contributed by atoms with Crippen molar-refractivity contribution in [2.75, 3.05) is 19.6 Å². The molecule has 0 spiro atoms. The number of nitrogens with zero attached hydrogens (tertiary/aromatic N) is 3. The third kappa shape index (κ3) is 3.81. The van der Waals surface area contributed by atoms with Gasteiger partial charge in [-0.15, -0.1) is 0 Å². The van der Waals surface area contributed by atoms with Gasteiger partial charge in [-0.05, 0) is 37.4 Å². The number of aromatic nitrogens is 2. The third-order valence-electron chi connectivity index (χ3n) is 4.20. The van der Waals surface area contributed by atoms with Crippen LogP contribution < -0.4 is 5.73 Å². The molecular formula is C16H17F3N4O2. The lowest BCUT2D eigenvalue weighted by molar-refractivity contribution is -0.159. The van der Waals surface area contributed by atoms with Gasteiger partial charge >= 0.3 is 12.1 Å². The predicted molar refractivity (Wildman–Crippen MR) is 82.4 cm³/mol. The van der Waals surface area contributed by atoms with Crippen LogP contribution in [-0.4, -0.2) is 40.6 Å². The van der Waals surface area contributed by atoms with Crippen LogP contribution in [0.1, 0.15) is 29.1 Å². The summed E-state index contributed by atoms with van der Waals surface area (Å²) in [6, 6.07) is 6.10. The molecule has 1 fully saturated rings. The molecule has 6 nitrogen and oxygen atoms in total. The fourth-order valence-corrected chi connectivity index (χ4v) is 2.84. The molecule has 9 heteroatoms. The van der Waals surface area contributed by atoms with Gasteiger partial charge in [-0.3, -0.25) is 4.79 Å². The second-order valence-corrected chi connectivity index (χ2v) is 5.99. The van der Waals surface area contributed by atoms with Gasteiger partial charge in [0.1, 0.15) is 0 Å². The zero-order valence-corrected chi connectivity index (χ0v) is 13.3. The Morgan fingerprint density at radius 3 is 2.64 bits per heavy atom. The Morgan fingerprint density at radius 1 is 1.32 bits per heavy atom. The van der Waals surface area contributed by atoms with Crippen molar-refractivity contribution in [2.45, 2.75) is 19.0 Å². The maximum atomic E-state index is 12.5. The number of halogens is 3. The first-order valence-electron chi connectivity index (χ1n) is 7.89. The van der Waals surface area contributed by atoms with Gasteiger partial charge in [0, 0.05) is 24.2 Å². The number of benzene rings is 1. The van der Waals surface area contributed by atoms with Crippen LogP contribution in [0.5, 0.6) is 0 Å². The number of carbonyl (C=O) groups is 1. The van der Waals surface area contributed by atoms with Crippen LogP contribution in [0.4, 0.5) is 13.2 Å². The number of hydrogen-bond acceptors (Lipinski definition) is 5. The van der Waals surface area contributed by atoms with Gasteiger partial charge < -0.3 is 15.2 Å². The maximum absolute atomic E-state index is 12.5. The fourth-order valence-electron chi connectivity index (χ4n) is 2.84. The smallest absolute Gasteiger partial charge is 0.338 e. The molecule has 1 saturated heterocycles. The van der Waals surface area contributed by atoms with E-state index in [2.05, 4.69) is 14.7 Å². The summed E-state index contributed by atoms with van der Waals surface area (Å²) in [4.78, 5) is 17.6. The van der Waals surface area contributed by atoms with Crippen LogP contribution in [-0.2, 0) is 6.18 Å². The topological polar surface area (TPSA) is 85.2 Å². The van der Waals surface area contributed by atoms with Crippen molar-refractivity contribution in [2.24, 2.45) is 11.7 Å². The first-order valence-corrected chi connectivity index (χ1v) is 7.89. The molecule has 0 bridgehead atoms. The van der Waals surface area contributed by atoms with E-state index in [1.165, 1.54) is 12.1 Å². The molecule has 1 amide bonds. The van der Waals surface area contributed by atoms with Gasteiger partial charge in [0.15, 0.2) is 0 Å². The van der Waals surface area contributed by atoms with Crippen LogP contribution in [0.2, 0.25) is 0 Å². The van der Waals surface area contributed by atoms with E-state index in [0.29, 0.717) is 36.7 Å². The first-order chi connectivity index (χ1) is 11.9. The second-order valence-electron chi connectivity index (χ2n) is 5.99. The van der Waals surface area contributed by atoms with Gasteiger partial charge in [-0.1, -0.05) is 17.3 Å². The molecular weight excluding hydrogens is 337 g/mol. The van der Waals surface area contributed by atoms with Crippen LogP contribution in [0.15, 0.2) is 28.8 Å². The summed E-state index contributed by atoms with van der Waals surface area (Å²) in [5, 5.41) is 3.32. The summed E-state index contributed by atoms with van der Waals surface area (Å²) in [6.45, 7) is 1.84. The largest absolute Gasteiger partial charge is 0.471 e. The Kier molecular flexibility index (Phi) is 4.76. The minimum absolute atomic E-state index is 0.117. The van der Waals surface area contributed by atoms with Crippen molar-refractivity contribution in [1.29, 1.82) is 0 Å². The Morgan fingerprint density at radius 2 is 2.04 bits per heavy atom. The van der Waals surface area contributed by atoms with Crippen molar-refractivity contribution >= 4 is 5.91 Å². The number of alkyl halides is 3. The summed E-state index contributed by atoms with van der Waals surface area (Å²) in [5.41, 5.74) is 6.48. The van der Waals surface area contributed by atoms with Crippen molar-refractivity contribution in [3.05, 3.63) is 35.7 Å².